The lowest BCUT2D eigenvalue weighted by Gasteiger charge is -2.08. The van der Waals surface area contributed by atoms with Gasteiger partial charge in [0.25, 0.3) is 6.43 Å². The van der Waals surface area contributed by atoms with E-state index in [2.05, 4.69) is 4.74 Å². The topological polar surface area (TPSA) is 49.7 Å². The highest BCUT2D eigenvalue weighted by atomic mass is 19.3. The van der Waals surface area contributed by atoms with Gasteiger partial charge in [-0.05, 0) is 0 Å². The van der Waals surface area contributed by atoms with Gasteiger partial charge in [0.2, 0.25) is 0 Å². The number of alkyl halides is 2. The molecule has 0 aliphatic heterocycles. The van der Waals surface area contributed by atoms with E-state index in [-0.39, 0.29) is 13.0 Å². The van der Waals surface area contributed by atoms with Crippen LogP contribution in [0.25, 0.3) is 0 Å². The van der Waals surface area contributed by atoms with E-state index >= 15 is 0 Å². The Kier molecular flexibility index (Phi) is 5.38. The zero-order valence-corrected chi connectivity index (χ0v) is 5.33. The molecule has 0 aromatic heterocycles. The summed E-state index contributed by atoms with van der Waals surface area (Å²) < 4.78 is 26.9. The normalized spacial score (nSPS) is 14.1. The Morgan fingerprint density at radius 1 is 1.40 bits per heavy atom. The molecule has 0 aliphatic carbocycles. The fraction of sp³-hybridized carbons (Fsp3) is 1.00. The third-order valence-electron chi connectivity index (χ3n) is 0.791. The smallest absolute Gasteiger partial charge is 0.261 e. The van der Waals surface area contributed by atoms with Crippen LogP contribution in [0.2, 0.25) is 0 Å². The van der Waals surface area contributed by atoms with Crippen LogP contribution >= 0.6 is 0 Å². The fourth-order valence-corrected chi connectivity index (χ4v) is 0.378. The highest BCUT2D eigenvalue weighted by Crippen LogP contribution is 1.97. The van der Waals surface area contributed by atoms with Gasteiger partial charge in [-0.15, -0.1) is 0 Å². The first-order valence-electron chi connectivity index (χ1n) is 2.85. The highest BCUT2D eigenvalue weighted by Gasteiger charge is 2.07. The molecule has 0 fully saturated rings. The Labute approximate surface area is 57.2 Å². The number of halogens is 2. The van der Waals surface area contributed by atoms with Crippen molar-refractivity contribution in [1.29, 1.82) is 0 Å². The van der Waals surface area contributed by atoms with E-state index in [1.807, 2.05) is 0 Å². The van der Waals surface area contributed by atoms with Gasteiger partial charge in [0.05, 0.1) is 0 Å². The second kappa shape index (κ2) is 5.52. The van der Waals surface area contributed by atoms with E-state index in [0.717, 1.165) is 0 Å². The Bertz CT molecular complexity index is 79.3. The molecule has 3 nitrogen and oxygen atoms in total. The van der Waals surface area contributed by atoms with Crippen LogP contribution in [0.5, 0.6) is 0 Å². The minimum Gasteiger partial charge on any atom is -0.396 e. The van der Waals surface area contributed by atoms with Crippen LogP contribution in [0.4, 0.5) is 8.78 Å². The van der Waals surface area contributed by atoms with Gasteiger partial charge in [0.1, 0.15) is 6.61 Å². The molecule has 1 atom stereocenters. The lowest BCUT2D eigenvalue weighted by Crippen LogP contribution is -2.17. The first-order chi connectivity index (χ1) is 4.66. The van der Waals surface area contributed by atoms with Gasteiger partial charge in [0, 0.05) is 13.0 Å². The lowest BCUT2D eigenvalue weighted by atomic mass is 10.4. The maximum absolute atomic E-state index is 11.3. The quantitative estimate of drug-likeness (QED) is 0.549. The molecule has 1 unspecified atom stereocenters. The van der Waals surface area contributed by atoms with Crippen molar-refractivity contribution < 1.29 is 23.7 Å². The number of hydrogen-bond acceptors (Lipinski definition) is 3. The van der Waals surface area contributed by atoms with Crippen molar-refractivity contribution in [3.05, 3.63) is 0 Å². The third kappa shape index (κ3) is 5.87. The van der Waals surface area contributed by atoms with Crippen molar-refractivity contribution in [2.45, 2.75) is 19.1 Å². The summed E-state index contributed by atoms with van der Waals surface area (Å²) in [6.45, 7) is -1.06. The first-order valence-corrected chi connectivity index (χ1v) is 2.85. The molecule has 0 rings (SSSR count). The fourth-order valence-electron chi connectivity index (χ4n) is 0.378. The lowest BCUT2D eigenvalue weighted by molar-refractivity contribution is -0.134. The van der Waals surface area contributed by atoms with Gasteiger partial charge >= 0.3 is 0 Å². The molecule has 0 aliphatic rings. The Hall–Kier alpha value is -0.260. The summed E-state index contributed by atoms with van der Waals surface area (Å²) in [5.74, 6) is 0. The van der Waals surface area contributed by atoms with Crippen LogP contribution in [-0.4, -0.2) is 36.1 Å². The Morgan fingerprint density at radius 3 is 2.40 bits per heavy atom. The molecule has 0 spiro atoms. The molecule has 0 aromatic rings. The van der Waals surface area contributed by atoms with Crippen LogP contribution in [0.3, 0.4) is 0 Å². The molecule has 0 heterocycles. The largest absolute Gasteiger partial charge is 0.396 e. The van der Waals surface area contributed by atoms with E-state index in [0.29, 0.717) is 0 Å². The van der Waals surface area contributed by atoms with E-state index in [1.165, 1.54) is 0 Å². The second-order valence-electron chi connectivity index (χ2n) is 1.69. The monoisotopic (exact) mass is 156 g/mol. The molecule has 0 saturated carbocycles. The van der Waals surface area contributed by atoms with Gasteiger partial charge in [0.15, 0.2) is 6.29 Å². The summed E-state index contributed by atoms with van der Waals surface area (Å²) in [5, 5.41) is 16.8. The maximum atomic E-state index is 11.3. The number of aliphatic hydroxyl groups is 2. The molecular weight excluding hydrogens is 146 g/mol. The summed E-state index contributed by atoms with van der Waals surface area (Å²) in [6.07, 6.45) is -3.89. The molecule has 0 bridgehead atoms. The second-order valence-corrected chi connectivity index (χ2v) is 1.69. The number of ether oxygens (including phenoxy) is 1. The van der Waals surface area contributed by atoms with Crippen molar-refractivity contribution in [2.24, 2.45) is 0 Å². The zero-order chi connectivity index (χ0) is 7.98. The van der Waals surface area contributed by atoms with E-state index in [9.17, 15) is 8.78 Å². The number of aliphatic hydroxyl groups excluding tert-OH is 2. The maximum Gasteiger partial charge on any atom is 0.261 e. The molecule has 0 radical (unpaired) electrons. The molecular formula is C5H10F2O3. The first kappa shape index (κ1) is 9.74. The number of hydrogen-bond donors (Lipinski definition) is 2. The van der Waals surface area contributed by atoms with Crippen LogP contribution < -0.4 is 0 Å². The number of rotatable bonds is 5. The Balaban J connectivity index is 3.12. The minimum absolute atomic E-state index is 0.0350. The van der Waals surface area contributed by atoms with Gasteiger partial charge < -0.3 is 14.9 Å². The van der Waals surface area contributed by atoms with Crippen LogP contribution in [0, 0.1) is 0 Å². The van der Waals surface area contributed by atoms with Crippen molar-refractivity contribution >= 4 is 0 Å². The summed E-state index contributed by atoms with van der Waals surface area (Å²) >= 11 is 0. The minimum atomic E-state index is -2.58. The SMILES string of the molecule is OCCC(O)OCC(F)F. The van der Waals surface area contributed by atoms with Crippen LogP contribution in [0.15, 0.2) is 0 Å². The van der Waals surface area contributed by atoms with E-state index < -0.39 is 19.3 Å². The molecule has 0 saturated heterocycles. The van der Waals surface area contributed by atoms with Crippen molar-refractivity contribution in [3.8, 4) is 0 Å². The van der Waals surface area contributed by atoms with Gasteiger partial charge in [-0.25, -0.2) is 8.78 Å². The third-order valence-corrected chi connectivity index (χ3v) is 0.791. The predicted molar refractivity (Wildman–Crippen MR) is 29.7 cm³/mol. The van der Waals surface area contributed by atoms with E-state index in [1.54, 1.807) is 0 Å². The molecule has 0 aromatic carbocycles. The molecule has 2 N–H and O–H groups in total. The zero-order valence-electron chi connectivity index (χ0n) is 5.33. The molecule has 5 heteroatoms. The van der Waals surface area contributed by atoms with Crippen LogP contribution in [-0.2, 0) is 4.74 Å². The van der Waals surface area contributed by atoms with Gasteiger partial charge in [-0.1, -0.05) is 0 Å². The summed E-state index contributed by atoms with van der Waals surface area (Å²) in [5.41, 5.74) is 0. The van der Waals surface area contributed by atoms with Crippen molar-refractivity contribution in [1.82, 2.24) is 0 Å². The van der Waals surface area contributed by atoms with Gasteiger partial charge in [-0.2, -0.15) is 0 Å². The molecule has 10 heavy (non-hydrogen) atoms. The predicted octanol–water partition coefficient (Wildman–Crippen LogP) is -0.0311. The molecule has 62 valence electrons. The van der Waals surface area contributed by atoms with Crippen molar-refractivity contribution in [2.75, 3.05) is 13.2 Å². The standard InChI is InChI=1S/C5H10F2O3/c6-4(7)3-10-5(9)1-2-8/h4-5,8-9H,1-3H2. The average molecular weight is 156 g/mol. The summed E-state index contributed by atoms with van der Waals surface area (Å²) in [7, 11) is 0. The summed E-state index contributed by atoms with van der Waals surface area (Å²) in [6, 6.07) is 0. The highest BCUT2D eigenvalue weighted by molar-refractivity contribution is 4.40. The van der Waals surface area contributed by atoms with Gasteiger partial charge in [-0.3, -0.25) is 0 Å². The van der Waals surface area contributed by atoms with Crippen molar-refractivity contribution in [3.63, 3.8) is 0 Å². The van der Waals surface area contributed by atoms with Crippen LogP contribution in [0.1, 0.15) is 6.42 Å². The average Bonchev–Trinajstić information content (AvgIpc) is 1.85. The Morgan fingerprint density at radius 2 is 2.00 bits per heavy atom. The molecule has 0 amide bonds. The van der Waals surface area contributed by atoms with E-state index in [4.69, 9.17) is 10.2 Å². The summed E-state index contributed by atoms with van der Waals surface area (Å²) in [4.78, 5) is 0.